The highest BCUT2D eigenvalue weighted by Crippen LogP contribution is 2.15. The van der Waals surface area contributed by atoms with E-state index in [2.05, 4.69) is 15.4 Å². The van der Waals surface area contributed by atoms with Gasteiger partial charge in [0.15, 0.2) is 0 Å². The summed E-state index contributed by atoms with van der Waals surface area (Å²) in [6.45, 7) is 2.45. The number of nitrogens with two attached hydrogens (primary N) is 1. The first-order valence-corrected chi connectivity index (χ1v) is 5.73. The molecule has 0 radical (unpaired) electrons. The number of aryl methyl sites for hydroxylation is 1. The van der Waals surface area contributed by atoms with Crippen molar-refractivity contribution in [3.63, 3.8) is 0 Å². The molecule has 0 fully saturated rings. The van der Waals surface area contributed by atoms with Gasteiger partial charge in [-0.3, -0.25) is 9.48 Å². The molecule has 2 heterocycles. The molecule has 0 aliphatic rings. The van der Waals surface area contributed by atoms with Crippen LogP contribution in [0.5, 0.6) is 0 Å². The number of nitrogens with zero attached hydrogens (tertiary/aromatic N) is 3. The zero-order valence-electron chi connectivity index (χ0n) is 9.72. The number of nitrogens with one attached hydrogen (secondary N) is 1. The predicted molar refractivity (Wildman–Crippen MR) is 69.5 cm³/mol. The summed E-state index contributed by atoms with van der Waals surface area (Å²) < 4.78 is 1.54. The van der Waals surface area contributed by atoms with Crippen molar-refractivity contribution < 1.29 is 4.79 Å². The Morgan fingerprint density at radius 1 is 1.50 bits per heavy atom. The molecule has 2 rings (SSSR count). The fourth-order valence-electron chi connectivity index (χ4n) is 1.53. The quantitative estimate of drug-likeness (QED) is 0.829. The molecule has 0 spiro atoms. The molecule has 0 bridgehead atoms. The van der Waals surface area contributed by atoms with E-state index < -0.39 is 0 Å². The fraction of sp³-hybridized carbons (Fsp3) is 0.182. The van der Waals surface area contributed by atoms with Crippen LogP contribution in [0.4, 0.5) is 11.4 Å². The molecule has 0 aliphatic heterocycles. The summed E-state index contributed by atoms with van der Waals surface area (Å²) in [5, 5.41) is 7.06. The minimum absolute atomic E-state index is 0.323. The normalized spacial score (nSPS) is 10.3. The second-order valence-corrected chi connectivity index (χ2v) is 3.98. The maximum Gasteiger partial charge on any atom is 0.276 e. The Balaban J connectivity index is 2.21. The average molecular weight is 266 g/mol. The van der Waals surface area contributed by atoms with Gasteiger partial charge in [-0.1, -0.05) is 11.6 Å². The average Bonchev–Trinajstić information content (AvgIpc) is 2.73. The zero-order valence-corrected chi connectivity index (χ0v) is 10.5. The third-order valence-corrected chi connectivity index (χ3v) is 2.59. The number of halogens is 1. The van der Waals surface area contributed by atoms with E-state index in [4.69, 9.17) is 17.3 Å². The van der Waals surface area contributed by atoms with Gasteiger partial charge in [-0.25, -0.2) is 4.98 Å². The standard InChI is InChI=1S/C11H12ClN5O/c1-2-17-10(8(13)6-15-17)11(18)16-7-3-4-9(12)14-5-7/h3-6H,2,13H2,1H3,(H,16,18). The third kappa shape index (κ3) is 2.43. The minimum Gasteiger partial charge on any atom is -0.396 e. The molecule has 0 aliphatic carbocycles. The molecular formula is C11H12ClN5O. The lowest BCUT2D eigenvalue weighted by Gasteiger charge is -2.07. The van der Waals surface area contributed by atoms with Crippen LogP contribution >= 0.6 is 11.6 Å². The first kappa shape index (κ1) is 12.4. The molecule has 2 aromatic rings. The smallest absolute Gasteiger partial charge is 0.276 e. The Hall–Kier alpha value is -2.08. The Bertz CT molecular complexity index is 563. The molecule has 0 atom stereocenters. The highest BCUT2D eigenvalue weighted by atomic mass is 35.5. The van der Waals surface area contributed by atoms with Gasteiger partial charge in [-0.15, -0.1) is 0 Å². The lowest BCUT2D eigenvalue weighted by Crippen LogP contribution is -2.18. The van der Waals surface area contributed by atoms with Crippen LogP contribution in [0.15, 0.2) is 24.5 Å². The molecule has 1 amide bonds. The number of carbonyl (C=O) groups is 1. The minimum atomic E-state index is -0.323. The number of aromatic nitrogens is 3. The molecule has 3 N–H and O–H groups in total. The van der Waals surface area contributed by atoms with E-state index in [-0.39, 0.29) is 5.91 Å². The molecule has 94 valence electrons. The van der Waals surface area contributed by atoms with Gasteiger partial charge in [0.2, 0.25) is 0 Å². The maximum atomic E-state index is 12.0. The molecule has 0 saturated carbocycles. The van der Waals surface area contributed by atoms with Crippen molar-refractivity contribution in [3.05, 3.63) is 35.4 Å². The molecular weight excluding hydrogens is 254 g/mol. The van der Waals surface area contributed by atoms with Crippen molar-refractivity contribution in [1.29, 1.82) is 0 Å². The summed E-state index contributed by atoms with van der Waals surface area (Å²) in [4.78, 5) is 15.9. The van der Waals surface area contributed by atoms with Gasteiger partial charge < -0.3 is 11.1 Å². The van der Waals surface area contributed by atoms with Crippen molar-refractivity contribution in [2.45, 2.75) is 13.5 Å². The van der Waals surface area contributed by atoms with E-state index in [0.717, 1.165) is 0 Å². The van der Waals surface area contributed by atoms with Crippen LogP contribution in [0.25, 0.3) is 0 Å². The van der Waals surface area contributed by atoms with Gasteiger partial charge in [-0.2, -0.15) is 5.10 Å². The molecule has 0 unspecified atom stereocenters. The summed E-state index contributed by atoms with van der Waals surface area (Å²) in [7, 11) is 0. The number of hydrogen-bond acceptors (Lipinski definition) is 4. The topological polar surface area (TPSA) is 85.8 Å². The molecule has 7 heteroatoms. The summed E-state index contributed by atoms with van der Waals surface area (Å²) in [5.41, 5.74) is 6.95. The molecule has 2 aromatic heterocycles. The summed E-state index contributed by atoms with van der Waals surface area (Å²) in [6, 6.07) is 3.26. The van der Waals surface area contributed by atoms with Crippen LogP contribution in [0.1, 0.15) is 17.4 Å². The molecule has 0 saturated heterocycles. The highest BCUT2D eigenvalue weighted by molar-refractivity contribution is 6.29. The van der Waals surface area contributed by atoms with Gasteiger partial charge >= 0.3 is 0 Å². The van der Waals surface area contributed by atoms with Gasteiger partial charge in [0, 0.05) is 6.54 Å². The van der Waals surface area contributed by atoms with Gasteiger partial charge in [-0.05, 0) is 19.1 Å². The largest absolute Gasteiger partial charge is 0.396 e. The van der Waals surface area contributed by atoms with Crippen molar-refractivity contribution in [1.82, 2.24) is 14.8 Å². The van der Waals surface area contributed by atoms with Crippen molar-refractivity contribution >= 4 is 28.9 Å². The first-order chi connectivity index (χ1) is 8.61. The number of pyridine rings is 1. The number of anilines is 2. The number of amides is 1. The van der Waals surface area contributed by atoms with Crippen LogP contribution in [0.2, 0.25) is 5.15 Å². The van der Waals surface area contributed by atoms with Crippen LogP contribution in [-0.2, 0) is 6.54 Å². The second-order valence-electron chi connectivity index (χ2n) is 3.59. The SMILES string of the molecule is CCn1ncc(N)c1C(=O)Nc1ccc(Cl)nc1. The second kappa shape index (κ2) is 5.05. The highest BCUT2D eigenvalue weighted by Gasteiger charge is 2.16. The van der Waals surface area contributed by atoms with E-state index in [0.29, 0.717) is 28.8 Å². The molecule has 18 heavy (non-hydrogen) atoms. The van der Waals surface area contributed by atoms with Gasteiger partial charge in [0.25, 0.3) is 5.91 Å². The lowest BCUT2D eigenvalue weighted by molar-refractivity contribution is 0.101. The van der Waals surface area contributed by atoms with Crippen LogP contribution in [-0.4, -0.2) is 20.7 Å². The Morgan fingerprint density at radius 2 is 2.28 bits per heavy atom. The van der Waals surface area contributed by atoms with Crippen molar-refractivity contribution in [2.24, 2.45) is 0 Å². The Morgan fingerprint density at radius 3 is 2.89 bits per heavy atom. The van der Waals surface area contributed by atoms with E-state index in [9.17, 15) is 4.79 Å². The lowest BCUT2D eigenvalue weighted by atomic mass is 10.3. The van der Waals surface area contributed by atoms with Crippen molar-refractivity contribution in [3.8, 4) is 0 Å². The third-order valence-electron chi connectivity index (χ3n) is 2.37. The number of nitrogen functional groups attached to an aromatic ring is 1. The first-order valence-electron chi connectivity index (χ1n) is 5.36. The number of carbonyl (C=O) groups excluding carboxylic acids is 1. The van der Waals surface area contributed by atoms with Gasteiger partial charge in [0.1, 0.15) is 10.8 Å². The summed E-state index contributed by atoms with van der Waals surface area (Å²) >= 11 is 5.66. The van der Waals surface area contributed by atoms with E-state index in [1.165, 1.54) is 17.1 Å². The van der Waals surface area contributed by atoms with Crippen molar-refractivity contribution in [2.75, 3.05) is 11.1 Å². The van der Waals surface area contributed by atoms with E-state index >= 15 is 0 Å². The van der Waals surface area contributed by atoms with E-state index in [1.807, 2.05) is 6.92 Å². The predicted octanol–water partition coefficient (Wildman–Crippen LogP) is 1.79. The monoisotopic (exact) mass is 265 g/mol. The Kier molecular flexibility index (Phi) is 3.47. The number of rotatable bonds is 3. The Labute approximate surface area is 109 Å². The maximum absolute atomic E-state index is 12.0. The number of hydrogen-bond donors (Lipinski definition) is 2. The van der Waals surface area contributed by atoms with E-state index in [1.54, 1.807) is 12.1 Å². The summed E-state index contributed by atoms with van der Waals surface area (Å²) in [5.74, 6) is -0.323. The van der Waals surface area contributed by atoms with Crippen LogP contribution in [0, 0.1) is 0 Å². The van der Waals surface area contributed by atoms with Crippen LogP contribution in [0.3, 0.4) is 0 Å². The van der Waals surface area contributed by atoms with Gasteiger partial charge in [0.05, 0.1) is 23.8 Å². The zero-order chi connectivity index (χ0) is 13.1. The molecule has 0 aromatic carbocycles. The van der Waals surface area contributed by atoms with Crippen LogP contribution < -0.4 is 11.1 Å². The fourth-order valence-corrected chi connectivity index (χ4v) is 1.64. The molecule has 6 nitrogen and oxygen atoms in total. The summed E-state index contributed by atoms with van der Waals surface area (Å²) in [6.07, 6.45) is 2.93.